The van der Waals surface area contributed by atoms with Gasteiger partial charge in [0, 0.05) is 30.9 Å². The number of amides is 2. The molecule has 1 unspecified atom stereocenters. The highest BCUT2D eigenvalue weighted by molar-refractivity contribution is 7.21. The van der Waals surface area contributed by atoms with E-state index in [4.69, 9.17) is 5.73 Å². The van der Waals surface area contributed by atoms with Gasteiger partial charge in [-0.25, -0.2) is 0 Å². The molecule has 6 heteroatoms. The summed E-state index contributed by atoms with van der Waals surface area (Å²) in [6.07, 6.45) is 1.55. The predicted molar refractivity (Wildman–Crippen MR) is 107 cm³/mol. The van der Waals surface area contributed by atoms with E-state index in [1.807, 2.05) is 30.9 Å². The minimum Gasteiger partial charge on any atom is -0.338 e. The number of piperazine rings is 1. The van der Waals surface area contributed by atoms with Crippen molar-refractivity contribution in [2.45, 2.75) is 39.2 Å². The van der Waals surface area contributed by atoms with Crippen LogP contribution in [-0.2, 0) is 4.79 Å². The molecule has 0 radical (unpaired) electrons. The average Bonchev–Trinajstić information content (AvgIpc) is 2.98. The number of rotatable bonds is 4. The smallest absolute Gasteiger partial charge is 0.264 e. The van der Waals surface area contributed by atoms with Crippen molar-refractivity contribution in [3.8, 4) is 0 Å². The number of thiophene rings is 1. The largest absolute Gasteiger partial charge is 0.338 e. The third kappa shape index (κ3) is 3.48. The lowest BCUT2D eigenvalue weighted by molar-refractivity contribution is -0.138. The van der Waals surface area contributed by atoms with E-state index in [0.717, 1.165) is 26.9 Å². The van der Waals surface area contributed by atoms with Crippen LogP contribution < -0.4 is 5.73 Å². The quantitative estimate of drug-likeness (QED) is 0.896. The van der Waals surface area contributed by atoms with Crippen molar-refractivity contribution in [3.05, 3.63) is 34.7 Å². The van der Waals surface area contributed by atoms with Gasteiger partial charge in [0.25, 0.3) is 5.91 Å². The lowest BCUT2D eigenvalue weighted by Crippen LogP contribution is -2.58. The predicted octanol–water partition coefficient (Wildman–Crippen LogP) is 3.01. The normalized spacial score (nSPS) is 17.4. The molecule has 26 heavy (non-hydrogen) atoms. The average molecular weight is 374 g/mol. The van der Waals surface area contributed by atoms with Crippen LogP contribution in [0.4, 0.5) is 0 Å². The van der Waals surface area contributed by atoms with Crippen LogP contribution in [-0.4, -0.2) is 53.3 Å². The van der Waals surface area contributed by atoms with E-state index in [1.165, 1.54) is 0 Å². The Balaban J connectivity index is 1.68. The van der Waals surface area contributed by atoms with Gasteiger partial charge in [-0.3, -0.25) is 9.59 Å². The number of aryl methyl sites for hydroxylation is 1. The molecule has 0 aliphatic carbocycles. The SMILES string of the molecule is CCCC(C)(N)C(=O)N1CCN(C(=O)c2sc3ccccc3c2C)CC1. The first kappa shape index (κ1) is 18.9. The number of fused-ring (bicyclic) bond motifs is 1. The molecule has 140 valence electrons. The first-order valence-corrected chi connectivity index (χ1v) is 10.0. The second-order valence-corrected chi connectivity index (χ2v) is 8.36. The summed E-state index contributed by atoms with van der Waals surface area (Å²) >= 11 is 1.55. The molecule has 3 rings (SSSR count). The zero-order chi connectivity index (χ0) is 18.9. The fraction of sp³-hybridized carbons (Fsp3) is 0.500. The topological polar surface area (TPSA) is 66.6 Å². The molecular formula is C20H27N3O2S. The number of hydrogen-bond donors (Lipinski definition) is 1. The van der Waals surface area contributed by atoms with Gasteiger partial charge in [-0.15, -0.1) is 11.3 Å². The van der Waals surface area contributed by atoms with Crippen molar-refractivity contribution in [2.24, 2.45) is 5.73 Å². The van der Waals surface area contributed by atoms with E-state index in [0.29, 0.717) is 32.6 Å². The lowest BCUT2D eigenvalue weighted by Gasteiger charge is -2.38. The lowest BCUT2D eigenvalue weighted by atomic mass is 9.95. The minimum absolute atomic E-state index is 0.00973. The molecule has 1 atom stereocenters. The van der Waals surface area contributed by atoms with Crippen LogP contribution in [0.25, 0.3) is 10.1 Å². The second-order valence-electron chi connectivity index (χ2n) is 7.30. The van der Waals surface area contributed by atoms with Gasteiger partial charge in [0.05, 0.1) is 10.4 Å². The van der Waals surface area contributed by atoms with E-state index in [-0.39, 0.29) is 11.8 Å². The first-order valence-electron chi connectivity index (χ1n) is 9.21. The highest BCUT2D eigenvalue weighted by Gasteiger charge is 2.34. The van der Waals surface area contributed by atoms with Gasteiger partial charge in [0.15, 0.2) is 0 Å². The third-order valence-electron chi connectivity index (χ3n) is 5.15. The molecule has 1 saturated heterocycles. The summed E-state index contributed by atoms with van der Waals surface area (Å²) in [6.45, 7) is 8.05. The number of hydrogen-bond acceptors (Lipinski definition) is 4. The molecule has 1 fully saturated rings. The maximum Gasteiger partial charge on any atom is 0.264 e. The number of nitrogens with zero attached hydrogens (tertiary/aromatic N) is 2. The Morgan fingerprint density at radius 2 is 1.77 bits per heavy atom. The van der Waals surface area contributed by atoms with Gasteiger partial charge < -0.3 is 15.5 Å². The standard InChI is InChI=1S/C20H27N3O2S/c1-4-9-20(3,21)19(25)23-12-10-22(11-13-23)18(24)17-14(2)15-7-5-6-8-16(15)26-17/h5-8H,4,9-13,21H2,1-3H3. The molecular weight excluding hydrogens is 346 g/mol. The van der Waals surface area contributed by atoms with Gasteiger partial charge in [0.1, 0.15) is 0 Å². The van der Waals surface area contributed by atoms with Gasteiger partial charge >= 0.3 is 0 Å². The number of carbonyl (C=O) groups excluding carboxylic acids is 2. The molecule has 0 spiro atoms. The van der Waals surface area contributed by atoms with Gasteiger partial charge in [-0.1, -0.05) is 31.5 Å². The molecule has 1 aliphatic rings. The molecule has 5 nitrogen and oxygen atoms in total. The molecule has 2 aromatic rings. The third-order valence-corrected chi connectivity index (χ3v) is 6.41. The summed E-state index contributed by atoms with van der Waals surface area (Å²) in [5.74, 6) is 0.0596. The zero-order valence-corrected chi connectivity index (χ0v) is 16.6. The molecule has 2 N–H and O–H groups in total. The molecule has 1 aromatic carbocycles. The van der Waals surface area contributed by atoms with Crippen LogP contribution in [0, 0.1) is 6.92 Å². The highest BCUT2D eigenvalue weighted by Crippen LogP contribution is 2.31. The van der Waals surface area contributed by atoms with Crippen molar-refractivity contribution in [1.29, 1.82) is 0 Å². The molecule has 2 heterocycles. The summed E-state index contributed by atoms with van der Waals surface area (Å²) in [5.41, 5.74) is 6.41. The summed E-state index contributed by atoms with van der Waals surface area (Å²) in [7, 11) is 0. The summed E-state index contributed by atoms with van der Waals surface area (Å²) in [5, 5.41) is 1.15. The molecule has 0 saturated carbocycles. The van der Waals surface area contributed by atoms with Crippen molar-refractivity contribution in [1.82, 2.24) is 9.80 Å². The first-order chi connectivity index (χ1) is 12.3. The minimum atomic E-state index is -0.816. The maximum atomic E-state index is 13.0. The second kappa shape index (κ2) is 7.37. The summed E-state index contributed by atoms with van der Waals surface area (Å²) in [6, 6.07) is 8.11. The Morgan fingerprint density at radius 3 is 2.38 bits per heavy atom. The van der Waals surface area contributed by atoms with E-state index in [2.05, 4.69) is 12.1 Å². The molecule has 1 aromatic heterocycles. The monoisotopic (exact) mass is 373 g/mol. The molecule has 1 aliphatic heterocycles. The van der Waals surface area contributed by atoms with Gasteiger partial charge in [-0.05, 0) is 37.3 Å². The summed E-state index contributed by atoms with van der Waals surface area (Å²) < 4.78 is 1.14. The van der Waals surface area contributed by atoms with Crippen LogP contribution >= 0.6 is 11.3 Å². The van der Waals surface area contributed by atoms with Crippen LogP contribution in [0.1, 0.15) is 41.9 Å². The Morgan fingerprint density at radius 1 is 1.15 bits per heavy atom. The summed E-state index contributed by atoms with van der Waals surface area (Å²) in [4.78, 5) is 30.1. The van der Waals surface area contributed by atoms with E-state index < -0.39 is 5.54 Å². The Labute approximate surface area is 158 Å². The Hall–Kier alpha value is -1.92. The number of nitrogens with two attached hydrogens (primary N) is 1. The molecule has 2 amide bonds. The highest BCUT2D eigenvalue weighted by atomic mass is 32.1. The van der Waals surface area contributed by atoms with Crippen molar-refractivity contribution in [3.63, 3.8) is 0 Å². The van der Waals surface area contributed by atoms with Crippen molar-refractivity contribution < 1.29 is 9.59 Å². The zero-order valence-electron chi connectivity index (χ0n) is 15.7. The van der Waals surface area contributed by atoms with E-state index in [1.54, 1.807) is 23.2 Å². The van der Waals surface area contributed by atoms with Crippen LogP contribution in [0.2, 0.25) is 0 Å². The van der Waals surface area contributed by atoms with Crippen molar-refractivity contribution >= 4 is 33.2 Å². The fourth-order valence-corrected chi connectivity index (χ4v) is 4.80. The van der Waals surface area contributed by atoms with Crippen molar-refractivity contribution in [2.75, 3.05) is 26.2 Å². The maximum absolute atomic E-state index is 13.0. The molecule has 0 bridgehead atoms. The number of benzene rings is 1. The number of carbonyl (C=O) groups is 2. The fourth-order valence-electron chi connectivity index (χ4n) is 3.62. The van der Waals surface area contributed by atoms with Crippen LogP contribution in [0.5, 0.6) is 0 Å². The van der Waals surface area contributed by atoms with E-state index >= 15 is 0 Å². The van der Waals surface area contributed by atoms with E-state index in [9.17, 15) is 9.59 Å². The van der Waals surface area contributed by atoms with Gasteiger partial charge in [0.2, 0.25) is 5.91 Å². The van der Waals surface area contributed by atoms with Gasteiger partial charge in [-0.2, -0.15) is 0 Å². The Bertz CT molecular complexity index is 820. The Kier molecular flexibility index (Phi) is 5.34. The van der Waals surface area contributed by atoms with Crippen LogP contribution in [0.3, 0.4) is 0 Å². The van der Waals surface area contributed by atoms with Crippen LogP contribution in [0.15, 0.2) is 24.3 Å².